The van der Waals surface area contributed by atoms with Crippen molar-refractivity contribution in [2.24, 2.45) is 0 Å². The normalized spacial score (nSPS) is 19.3. The van der Waals surface area contributed by atoms with Crippen LogP contribution in [-0.2, 0) is 5.54 Å². The molecule has 1 saturated carbocycles. The smallest absolute Gasteiger partial charge is 0.201 e. The highest BCUT2D eigenvalue weighted by Gasteiger charge is 2.33. The van der Waals surface area contributed by atoms with Crippen molar-refractivity contribution in [2.45, 2.75) is 38.1 Å². The highest BCUT2D eigenvalue weighted by molar-refractivity contribution is 5.78. The van der Waals surface area contributed by atoms with E-state index in [1.165, 1.54) is 31.2 Å². The summed E-state index contributed by atoms with van der Waals surface area (Å²) < 4.78 is 2.23. The van der Waals surface area contributed by atoms with Gasteiger partial charge in [0.25, 0.3) is 0 Å². The first-order valence-electron chi connectivity index (χ1n) is 5.94. The molecule has 0 saturated heterocycles. The highest BCUT2D eigenvalue weighted by Crippen LogP contribution is 2.39. The number of benzene rings is 1. The minimum Gasteiger partial charge on any atom is -0.369 e. The molecule has 2 N–H and O–H groups in total. The second-order valence-corrected chi connectivity index (χ2v) is 5.00. The summed E-state index contributed by atoms with van der Waals surface area (Å²) in [5, 5.41) is 0. The molecule has 0 unspecified atom stereocenters. The highest BCUT2D eigenvalue weighted by atomic mass is 15.2. The standard InChI is InChI=1S/C13H17N3/c1-13(8-4-5-9-13)16-11-7-3-2-6-10(11)15-12(16)14/h2-3,6-7H,4-5,8-9H2,1H3,(H2,14,15). The van der Waals surface area contributed by atoms with Gasteiger partial charge in [0, 0.05) is 5.54 Å². The fourth-order valence-corrected chi connectivity index (χ4v) is 2.97. The van der Waals surface area contributed by atoms with E-state index in [1.54, 1.807) is 0 Å². The zero-order valence-electron chi connectivity index (χ0n) is 9.61. The van der Waals surface area contributed by atoms with Gasteiger partial charge in [-0.05, 0) is 31.9 Å². The summed E-state index contributed by atoms with van der Waals surface area (Å²) in [5.74, 6) is 0.658. The van der Waals surface area contributed by atoms with Gasteiger partial charge in [-0.1, -0.05) is 25.0 Å². The molecule has 1 aliphatic rings. The third-order valence-electron chi connectivity index (χ3n) is 3.81. The zero-order valence-corrected chi connectivity index (χ0v) is 9.61. The molecule has 2 aromatic rings. The zero-order chi connectivity index (χ0) is 11.2. The number of para-hydroxylation sites is 2. The Labute approximate surface area is 95.3 Å². The molecular formula is C13H17N3. The maximum Gasteiger partial charge on any atom is 0.201 e. The van der Waals surface area contributed by atoms with Crippen molar-refractivity contribution in [3.8, 4) is 0 Å². The van der Waals surface area contributed by atoms with Gasteiger partial charge in [-0.25, -0.2) is 4.98 Å². The fourth-order valence-electron chi connectivity index (χ4n) is 2.97. The molecule has 1 heterocycles. The average Bonchev–Trinajstić information content (AvgIpc) is 2.81. The molecule has 1 fully saturated rings. The van der Waals surface area contributed by atoms with Crippen LogP contribution in [-0.4, -0.2) is 9.55 Å². The van der Waals surface area contributed by atoms with Crippen molar-refractivity contribution in [2.75, 3.05) is 5.73 Å². The van der Waals surface area contributed by atoms with Crippen molar-refractivity contribution in [3.05, 3.63) is 24.3 Å². The van der Waals surface area contributed by atoms with Gasteiger partial charge >= 0.3 is 0 Å². The average molecular weight is 215 g/mol. The number of fused-ring (bicyclic) bond motifs is 1. The van der Waals surface area contributed by atoms with Gasteiger partial charge in [-0.2, -0.15) is 0 Å². The first-order valence-corrected chi connectivity index (χ1v) is 5.94. The van der Waals surface area contributed by atoms with E-state index in [0.29, 0.717) is 5.95 Å². The van der Waals surface area contributed by atoms with Gasteiger partial charge < -0.3 is 10.3 Å². The molecule has 1 aromatic heterocycles. The summed E-state index contributed by atoms with van der Waals surface area (Å²) in [6.07, 6.45) is 5.00. The molecule has 0 aliphatic heterocycles. The van der Waals surface area contributed by atoms with Gasteiger partial charge in [0.05, 0.1) is 11.0 Å². The number of nitrogens with two attached hydrogens (primary N) is 1. The number of aromatic nitrogens is 2. The lowest BCUT2D eigenvalue weighted by Crippen LogP contribution is -2.27. The summed E-state index contributed by atoms with van der Waals surface area (Å²) in [6, 6.07) is 8.21. The Morgan fingerprint density at radius 1 is 1.25 bits per heavy atom. The Morgan fingerprint density at radius 3 is 2.69 bits per heavy atom. The van der Waals surface area contributed by atoms with E-state index in [1.807, 2.05) is 12.1 Å². The maximum absolute atomic E-state index is 6.07. The van der Waals surface area contributed by atoms with Gasteiger partial charge in [0.2, 0.25) is 5.95 Å². The van der Waals surface area contributed by atoms with Crippen LogP contribution in [0.5, 0.6) is 0 Å². The number of hydrogen-bond donors (Lipinski definition) is 1. The number of imidazole rings is 1. The van der Waals surface area contributed by atoms with E-state index in [4.69, 9.17) is 5.73 Å². The Morgan fingerprint density at radius 2 is 1.94 bits per heavy atom. The molecule has 84 valence electrons. The van der Waals surface area contributed by atoms with E-state index >= 15 is 0 Å². The second kappa shape index (κ2) is 3.24. The predicted octanol–water partition coefficient (Wildman–Crippen LogP) is 2.91. The van der Waals surface area contributed by atoms with Gasteiger partial charge in [-0.15, -0.1) is 0 Å². The number of nitrogens with zero attached hydrogens (tertiary/aromatic N) is 2. The third kappa shape index (κ3) is 1.24. The van der Waals surface area contributed by atoms with E-state index < -0.39 is 0 Å². The van der Waals surface area contributed by atoms with Crippen LogP contribution >= 0.6 is 0 Å². The predicted molar refractivity (Wildman–Crippen MR) is 66.3 cm³/mol. The summed E-state index contributed by atoms with van der Waals surface area (Å²) in [6.45, 7) is 2.30. The molecule has 0 bridgehead atoms. The van der Waals surface area contributed by atoms with E-state index in [9.17, 15) is 0 Å². The van der Waals surface area contributed by atoms with Crippen molar-refractivity contribution >= 4 is 17.0 Å². The molecule has 3 nitrogen and oxygen atoms in total. The third-order valence-corrected chi connectivity index (χ3v) is 3.81. The van der Waals surface area contributed by atoms with E-state index in [-0.39, 0.29) is 5.54 Å². The van der Waals surface area contributed by atoms with Crippen LogP contribution in [0.1, 0.15) is 32.6 Å². The number of anilines is 1. The first kappa shape index (κ1) is 9.70. The first-order chi connectivity index (χ1) is 7.71. The molecule has 0 atom stereocenters. The topological polar surface area (TPSA) is 43.8 Å². The fraction of sp³-hybridized carbons (Fsp3) is 0.462. The van der Waals surface area contributed by atoms with Gasteiger partial charge in [-0.3, -0.25) is 0 Å². The van der Waals surface area contributed by atoms with E-state index in [2.05, 4.69) is 28.6 Å². The van der Waals surface area contributed by atoms with Crippen molar-refractivity contribution < 1.29 is 0 Å². The summed E-state index contributed by atoms with van der Waals surface area (Å²) >= 11 is 0. The Balaban J connectivity index is 2.26. The molecule has 3 rings (SSSR count). The molecule has 1 aliphatic carbocycles. The summed E-state index contributed by atoms with van der Waals surface area (Å²) in [5.41, 5.74) is 8.42. The molecule has 1 aromatic carbocycles. The van der Waals surface area contributed by atoms with Gasteiger partial charge in [0.1, 0.15) is 0 Å². The minimum atomic E-state index is 0.167. The minimum absolute atomic E-state index is 0.167. The Hall–Kier alpha value is -1.51. The molecule has 0 amide bonds. The maximum atomic E-state index is 6.07. The molecule has 16 heavy (non-hydrogen) atoms. The van der Waals surface area contributed by atoms with Crippen LogP contribution in [0.2, 0.25) is 0 Å². The van der Waals surface area contributed by atoms with Crippen molar-refractivity contribution in [1.29, 1.82) is 0 Å². The molecular weight excluding hydrogens is 198 g/mol. The van der Waals surface area contributed by atoms with Crippen LogP contribution in [0.15, 0.2) is 24.3 Å². The van der Waals surface area contributed by atoms with Crippen LogP contribution in [0.4, 0.5) is 5.95 Å². The van der Waals surface area contributed by atoms with E-state index in [0.717, 1.165) is 5.52 Å². The lowest BCUT2D eigenvalue weighted by Gasteiger charge is -2.27. The SMILES string of the molecule is CC1(n2c(N)nc3ccccc32)CCCC1. The van der Waals surface area contributed by atoms with Crippen LogP contribution in [0.25, 0.3) is 11.0 Å². The monoisotopic (exact) mass is 215 g/mol. The Bertz CT molecular complexity index is 521. The molecule has 0 spiro atoms. The van der Waals surface area contributed by atoms with Crippen molar-refractivity contribution in [3.63, 3.8) is 0 Å². The summed E-state index contributed by atoms with van der Waals surface area (Å²) in [7, 11) is 0. The number of hydrogen-bond acceptors (Lipinski definition) is 2. The number of rotatable bonds is 1. The Kier molecular flexibility index (Phi) is 1.96. The number of nitrogen functional groups attached to an aromatic ring is 1. The largest absolute Gasteiger partial charge is 0.369 e. The van der Waals surface area contributed by atoms with Crippen LogP contribution in [0, 0.1) is 0 Å². The molecule has 3 heteroatoms. The second-order valence-electron chi connectivity index (χ2n) is 5.00. The van der Waals surface area contributed by atoms with Gasteiger partial charge in [0.15, 0.2) is 0 Å². The van der Waals surface area contributed by atoms with Crippen LogP contribution in [0.3, 0.4) is 0 Å². The lowest BCUT2D eigenvalue weighted by atomic mass is 10.00. The molecule has 0 radical (unpaired) electrons. The lowest BCUT2D eigenvalue weighted by molar-refractivity contribution is 0.344. The van der Waals surface area contributed by atoms with Crippen molar-refractivity contribution in [1.82, 2.24) is 9.55 Å². The quantitative estimate of drug-likeness (QED) is 0.794. The summed E-state index contributed by atoms with van der Waals surface area (Å²) in [4.78, 5) is 4.44. The van der Waals surface area contributed by atoms with Crippen LogP contribution < -0.4 is 5.73 Å².